The van der Waals surface area contributed by atoms with Gasteiger partial charge in [-0.15, -0.1) is 0 Å². The van der Waals surface area contributed by atoms with Gasteiger partial charge in [-0.05, 0) is 15.9 Å². The van der Waals surface area contributed by atoms with Crippen LogP contribution >= 0.6 is 15.9 Å². The fourth-order valence-electron chi connectivity index (χ4n) is 1.73. The molecule has 1 fully saturated rings. The fraction of sp³-hybridized carbons (Fsp3) is 0.636. The number of rotatable bonds is 5. The van der Waals surface area contributed by atoms with E-state index in [0.717, 1.165) is 13.1 Å². The van der Waals surface area contributed by atoms with Crippen molar-refractivity contribution in [1.82, 2.24) is 14.8 Å². The van der Waals surface area contributed by atoms with Crippen LogP contribution in [-0.4, -0.2) is 54.8 Å². The normalized spacial score (nSPS) is 16.5. The molecule has 0 unspecified atom stereocenters. The lowest BCUT2D eigenvalue weighted by Crippen LogP contribution is -2.41. The lowest BCUT2D eigenvalue weighted by atomic mass is 10.4. The first-order valence-electron chi connectivity index (χ1n) is 6.06. The number of nitrogens with zero attached hydrogens (tertiary/aromatic N) is 3. The number of nitrogens with one attached hydrogen (secondary N) is 1. The highest BCUT2D eigenvalue weighted by atomic mass is 79.9. The Morgan fingerprint density at radius 2 is 2.26 bits per heavy atom. The smallest absolute Gasteiger partial charge is 0.283 e. The molecule has 1 aliphatic rings. The topological polar surface area (TPSA) is 68.6 Å². The van der Waals surface area contributed by atoms with Gasteiger partial charge in [-0.25, -0.2) is 9.69 Å². The predicted molar refractivity (Wildman–Crippen MR) is 74.1 cm³/mol. The van der Waals surface area contributed by atoms with Gasteiger partial charge < -0.3 is 14.9 Å². The van der Waals surface area contributed by atoms with Crippen LogP contribution in [0.2, 0.25) is 0 Å². The highest BCUT2D eigenvalue weighted by Gasteiger charge is 2.14. The minimum Gasteiger partial charge on any atom is -0.383 e. The zero-order valence-electron chi connectivity index (χ0n) is 10.8. The van der Waals surface area contributed by atoms with Crippen LogP contribution in [0.4, 0.5) is 5.69 Å². The first kappa shape index (κ1) is 14.4. The fourth-order valence-corrected chi connectivity index (χ4v) is 2.12. The zero-order valence-corrected chi connectivity index (χ0v) is 12.4. The lowest BCUT2D eigenvalue weighted by Gasteiger charge is -2.28. The Balaban J connectivity index is 2.09. The highest BCUT2D eigenvalue weighted by molar-refractivity contribution is 9.10. The monoisotopic (exact) mass is 332 g/mol. The van der Waals surface area contributed by atoms with Crippen molar-refractivity contribution in [2.45, 2.75) is 6.54 Å². The summed E-state index contributed by atoms with van der Waals surface area (Å²) in [5.41, 5.74) is 3.67. The summed E-state index contributed by atoms with van der Waals surface area (Å²) in [7, 11) is 1.59. The van der Waals surface area contributed by atoms with E-state index in [1.165, 1.54) is 4.68 Å². The summed E-state index contributed by atoms with van der Waals surface area (Å²) < 4.78 is 12.1. The number of hydrogen-bond acceptors (Lipinski definition) is 6. The molecule has 1 aromatic heterocycles. The van der Waals surface area contributed by atoms with Crippen molar-refractivity contribution >= 4 is 21.6 Å². The molecule has 0 aliphatic carbocycles. The summed E-state index contributed by atoms with van der Waals surface area (Å²) in [6.45, 7) is 3.81. The van der Waals surface area contributed by atoms with Crippen molar-refractivity contribution in [2.24, 2.45) is 0 Å². The van der Waals surface area contributed by atoms with Crippen molar-refractivity contribution in [3.63, 3.8) is 0 Å². The minimum absolute atomic E-state index is 0.171. The third kappa shape index (κ3) is 3.75. The Morgan fingerprint density at radius 1 is 1.53 bits per heavy atom. The summed E-state index contributed by atoms with van der Waals surface area (Å²) in [4.78, 5) is 12.1. The second-order valence-corrected chi connectivity index (χ2v) is 4.90. The van der Waals surface area contributed by atoms with E-state index >= 15 is 0 Å². The molecule has 1 aliphatic heterocycles. The van der Waals surface area contributed by atoms with Crippen LogP contribution in [0.25, 0.3) is 0 Å². The van der Waals surface area contributed by atoms with E-state index < -0.39 is 0 Å². The van der Waals surface area contributed by atoms with Gasteiger partial charge in [0.2, 0.25) is 0 Å². The van der Waals surface area contributed by atoms with Gasteiger partial charge in [0.1, 0.15) is 4.47 Å². The molecule has 0 aromatic carbocycles. The van der Waals surface area contributed by atoms with Gasteiger partial charge in [-0.2, -0.15) is 5.10 Å². The maximum Gasteiger partial charge on any atom is 0.283 e. The molecule has 0 saturated carbocycles. The van der Waals surface area contributed by atoms with Gasteiger partial charge in [-0.1, -0.05) is 0 Å². The van der Waals surface area contributed by atoms with Crippen molar-refractivity contribution in [3.8, 4) is 0 Å². The van der Waals surface area contributed by atoms with Gasteiger partial charge in [0.25, 0.3) is 5.56 Å². The largest absolute Gasteiger partial charge is 0.383 e. The quantitative estimate of drug-likeness (QED) is 0.837. The third-order valence-corrected chi connectivity index (χ3v) is 3.55. The van der Waals surface area contributed by atoms with Crippen LogP contribution in [-0.2, 0) is 16.0 Å². The Kier molecular flexibility index (Phi) is 5.32. The first-order chi connectivity index (χ1) is 9.22. The SMILES string of the molecule is COCCn1ncc(NN2CCOCC2)c(Br)c1=O. The predicted octanol–water partition coefficient (Wildman–Crippen LogP) is 0.311. The number of morpholine rings is 1. The number of hydrogen-bond donors (Lipinski definition) is 1. The molecule has 2 heterocycles. The van der Waals surface area contributed by atoms with Crippen molar-refractivity contribution < 1.29 is 9.47 Å². The molecule has 0 spiro atoms. The van der Waals surface area contributed by atoms with Crippen LogP contribution in [0.5, 0.6) is 0 Å². The molecule has 0 bridgehead atoms. The molecule has 2 rings (SSSR count). The second-order valence-electron chi connectivity index (χ2n) is 4.10. The third-order valence-electron chi connectivity index (χ3n) is 2.78. The molecule has 7 nitrogen and oxygen atoms in total. The molecule has 19 heavy (non-hydrogen) atoms. The number of halogens is 1. The Morgan fingerprint density at radius 3 is 2.95 bits per heavy atom. The number of ether oxygens (including phenoxy) is 2. The van der Waals surface area contributed by atoms with E-state index in [9.17, 15) is 4.79 Å². The lowest BCUT2D eigenvalue weighted by molar-refractivity contribution is 0.0496. The van der Waals surface area contributed by atoms with Crippen LogP contribution in [0.15, 0.2) is 15.5 Å². The molecular formula is C11H17BrN4O3. The van der Waals surface area contributed by atoms with Crippen molar-refractivity contribution in [3.05, 3.63) is 21.0 Å². The summed E-state index contributed by atoms with van der Waals surface area (Å²) in [6.07, 6.45) is 1.64. The Labute approximate surface area is 119 Å². The number of aromatic nitrogens is 2. The van der Waals surface area contributed by atoms with Gasteiger partial charge >= 0.3 is 0 Å². The van der Waals surface area contributed by atoms with E-state index in [2.05, 4.69) is 26.5 Å². The summed E-state index contributed by atoms with van der Waals surface area (Å²) >= 11 is 3.32. The van der Waals surface area contributed by atoms with Crippen molar-refractivity contribution in [1.29, 1.82) is 0 Å². The van der Waals surface area contributed by atoms with E-state index in [4.69, 9.17) is 9.47 Å². The van der Waals surface area contributed by atoms with Crippen molar-refractivity contribution in [2.75, 3.05) is 45.4 Å². The van der Waals surface area contributed by atoms with Crippen LogP contribution in [0.1, 0.15) is 0 Å². The van der Waals surface area contributed by atoms with Gasteiger partial charge in [0.15, 0.2) is 0 Å². The first-order valence-corrected chi connectivity index (χ1v) is 6.85. The molecular weight excluding hydrogens is 316 g/mol. The van der Waals surface area contributed by atoms with Crippen LogP contribution in [0.3, 0.4) is 0 Å². The molecule has 8 heteroatoms. The maximum atomic E-state index is 12.1. The van der Waals surface area contributed by atoms with Gasteiger partial charge in [-0.3, -0.25) is 4.79 Å². The van der Waals surface area contributed by atoms with E-state index in [1.807, 2.05) is 5.01 Å². The average Bonchev–Trinajstić information content (AvgIpc) is 2.44. The minimum atomic E-state index is -0.171. The highest BCUT2D eigenvalue weighted by Crippen LogP contribution is 2.17. The molecule has 0 radical (unpaired) electrons. The number of methoxy groups -OCH3 is 1. The Bertz CT molecular complexity index is 473. The summed E-state index contributed by atoms with van der Waals surface area (Å²) in [5, 5.41) is 6.12. The Hall–Kier alpha value is -0.960. The van der Waals surface area contributed by atoms with Crippen LogP contribution < -0.4 is 11.0 Å². The van der Waals surface area contributed by atoms with Gasteiger partial charge in [0, 0.05) is 20.2 Å². The number of anilines is 1. The number of hydrazine groups is 1. The van der Waals surface area contributed by atoms with E-state index in [0.29, 0.717) is 36.5 Å². The summed E-state index contributed by atoms with van der Waals surface area (Å²) in [5.74, 6) is 0. The zero-order chi connectivity index (χ0) is 13.7. The van der Waals surface area contributed by atoms with Gasteiger partial charge in [0.05, 0.1) is 38.2 Å². The maximum absolute atomic E-state index is 12.1. The molecule has 1 N–H and O–H groups in total. The molecule has 106 valence electrons. The second kappa shape index (κ2) is 6.99. The average molecular weight is 333 g/mol. The molecule has 0 atom stereocenters. The summed E-state index contributed by atoms with van der Waals surface area (Å²) in [6, 6.07) is 0. The standard InChI is InChI=1S/C11H17BrN4O3/c1-18-5-4-16-11(17)10(12)9(8-13-16)14-15-2-6-19-7-3-15/h8,14H,2-7H2,1H3. The van der Waals surface area contributed by atoms with E-state index in [1.54, 1.807) is 13.3 Å². The molecule has 0 amide bonds. The molecule has 1 saturated heterocycles. The molecule has 1 aromatic rings. The van der Waals surface area contributed by atoms with E-state index in [-0.39, 0.29) is 5.56 Å². The van der Waals surface area contributed by atoms with Crippen LogP contribution in [0, 0.1) is 0 Å².